The van der Waals surface area contributed by atoms with Crippen LogP contribution in [-0.2, 0) is 11.3 Å². The summed E-state index contributed by atoms with van der Waals surface area (Å²) < 4.78 is 6.43. The maximum Gasteiger partial charge on any atom is 0.320 e. The van der Waals surface area contributed by atoms with Crippen molar-refractivity contribution >= 4 is 21.9 Å². The van der Waals surface area contributed by atoms with E-state index in [9.17, 15) is 4.79 Å². The van der Waals surface area contributed by atoms with Gasteiger partial charge in [-0.3, -0.25) is 4.79 Å². The molecule has 0 fully saturated rings. The van der Waals surface area contributed by atoms with Crippen molar-refractivity contribution in [1.82, 2.24) is 5.32 Å². The van der Waals surface area contributed by atoms with Gasteiger partial charge in [-0.1, -0.05) is 13.0 Å². The van der Waals surface area contributed by atoms with Gasteiger partial charge in [0.15, 0.2) is 0 Å². The Kier molecular flexibility index (Phi) is 6.15. The molecule has 0 spiro atoms. The smallest absolute Gasteiger partial charge is 0.320 e. The van der Waals surface area contributed by atoms with Crippen molar-refractivity contribution in [2.24, 2.45) is 0 Å². The molecule has 2 N–H and O–H groups in total. The normalized spacial score (nSPS) is 12.2. The van der Waals surface area contributed by atoms with E-state index in [2.05, 4.69) is 28.2 Å². The third-order valence-electron chi connectivity index (χ3n) is 2.44. The van der Waals surface area contributed by atoms with Crippen molar-refractivity contribution in [3.63, 3.8) is 0 Å². The zero-order valence-corrected chi connectivity index (χ0v) is 12.2. The van der Waals surface area contributed by atoms with Crippen LogP contribution in [0.15, 0.2) is 22.7 Å². The summed E-state index contributed by atoms with van der Waals surface area (Å²) in [5.41, 5.74) is 1.01. The number of aliphatic carboxylic acids is 1. The first-order valence-corrected chi connectivity index (χ1v) is 6.71. The van der Waals surface area contributed by atoms with E-state index in [0.717, 1.165) is 22.2 Å². The molecule has 0 aliphatic rings. The molecule has 0 saturated carbocycles. The lowest BCUT2D eigenvalue weighted by Crippen LogP contribution is -2.33. The fourth-order valence-corrected chi connectivity index (χ4v) is 1.88. The summed E-state index contributed by atoms with van der Waals surface area (Å²) in [5.74, 6) is -0.0381. The number of halogens is 1. The van der Waals surface area contributed by atoms with E-state index in [1.54, 1.807) is 6.92 Å². The van der Waals surface area contributed by atoms with Crippen LogP contribution in [0.1, 0.15) is 25.8 Å². The third-order valence-corrected chi connectivity index (χ3v) is 3.06. The van der Waals surface area contributed by atoms with Crippen molar-refractivity contribution < 1.29 is 14.6 Å². The first kappa shape index (κ1) is 15.0. The minimum absolute atomic E-state index is 0.514. The lowest BCUT2D eigenvalue weighted by Gasteiger charge is -2.11. The predicted octanol–water partition coefficient (Wildman–Crippen LogP) is 2.80. The number of carbonyl (C=O) groups is 1. The van der Waals surface area contributed by atoms with E-state index >= 15 is 0 Å². The zero-order valence-electron chi connectivity index (χ0n) is 10.6. The summed E-state index contributed by atoms with van der Waals surface area (Å²) in [6.07, 6.45) is 0.964. The average molecular weight is 316 g/mol. The Labute approximate surface area is 115 Å². The van der Waals surface area contributed by atoms with Crippen LogP contribution in [0.5, 0.6) is 5.75 Å². The van der Waals surface area contributed by atoms with E-state index in [4.69, 9.17) is 9.84 Å². The van der Waals surface area contributed by atoms with E-state index in [1.807, 2.05) is 18.2 Å². The Hall–Kier alpha value is -1.07. The average Bonchev–Trinajstić information content (AvgIpc) is 2.34. The van der Waals surface area contributed by atoms with Crippen molar-refractivity contribution in [2.45, 2.75) is 32.9 Å². The first-order valence-electron chi connectivity index (χ1n) is 5.92. The van der Waals surface area contributed by atoms with E-state index < -0.39 is 12.0 Å². The van der Waals surface area contributed by atoms with Crippen LogP contribution in [0.2, 0.25) is 0 Å². The molecule has 0 saturated heterocycles. The number of hydrogen-bond acceptors (Lipinski definition) is 3. The first-order chi connectivity index (χ1) is 8.54. The molecular formula is C13H18BrNO3. The Morgan fingerprint density at radius 1 is 1.56 bits per heavy atom. The van der Waals surface area contributed by atoms with Crippen molar-refractivity contribution in [3.05, 3.63) is 28.2 Å². The third kappa shape index (κ3) is 4.66. The zero-order chi connectivity index (χ0) is 13.5. The molecule has 1 aromatic rings. The van der Waals surface area contributed by atoms with Gasteiger partial charge in [0.1, 0.15) is 11.8 Å². The van der Waals surface area contributed by atoms with Gasteiger partial charge in [-0.15, -0.1) is 0 Å². The second-order valence-electron chi connectivity index (χ2n) is 4.05. The highest BCUT2D eigenvalue weighted by Crippen LogP contribution is 2.26. The highest BCUT2D eigenvalue weighted by atomic mass is 79.9. The SMILES string of the molecule is CCCOc1ccc(CNC(C)C(=O)O)cc1Br. The van der Waals surface area contributed by atoms with E-state index in [0.29, 0.717) is 13.2 Å². The summed E-state index contributed by atoms with van der Waals surface area (Å²) in [6.45, 7) is 4.88. The van der Waals surface area contributed by atoms with E-state index in [1.165, 1.54) is 0 Å². The molecule has 0 bridgehead atoms. The molecule has 4 nitrogen and oxygen atoms in total. The molecule has 5 heteroatoms. The van der Waals surface area contributed by atoms with Gasteiger partial charge < -0.3 is 15.2 Å². The van der Waals surface area contributed by atoms with Crippen LogP contribution in [0.25, 0.3) is 0 Å². The maximum atomic E-state index is 10.7. The minimum Gasteiger partial charge on any atom is -0.492 e. The van der Waals surface area contributed by atoms with Crippen molar-refractivity contribution in [1.29, 1.82) is 0 Å². The molecule has 0 heterocycles. The van der Waals surface area contributed by atoms with Crippen LogP contribution < -0.4 is 10.1 Å². The monoisotopic (exact) mass is 315 g/mol. The second kappa shape index (κ2) is 7.38. The van der Waals surface area contributed by atoms with Gasteiger partial charge in [-0.25, -0.2) is 0 Å². The fraction of sp³-hybridized carbons (Fsp3) is 0.462. The summed E-state index contributed by atoms with van der Waals surface area (Å²) in [6, 6.07) is 5.20. The Bertz CT molecular complexity index is 409. The lowest BCUT2D eigenvalue weighted by molar-refractivity contribution is -0.139. The highest BCUT2D eigenvalue weighted by molar-refractivity contribution is 9.10. The van der Waals surface area contributed by atoms with Gasteiger partial charge in [-0.2, -0.15) is 0 Å². The minimum atomic E-state index is -0.850. The number of nitrogens with one attached hydrogen (secondary N) is 1. The molecule has 1 rings (SSSR count). The van der Waals surface area contributed by atoms with Gasteiger partial charge in [0, 0.05) is 6.54 Å². The summed E-state index contributed by atoms with van der Waals surface area (Å²) in [4.78, 5) is 10.7. The Balaban J connectivity index is 2.58. The Morgan fingerprint density at radius 3 is 2.83 bits per heavy atom. The van der Waals surface area contributed by atoms with Gasteiger partial charge in [0.25, 0.3) is 0 Å². The molecule has 0 aliphatic carbocycles. The van der Waals surface area contributed by atoms with Gasteiger partial charge >= 0.3 is 5.97 Å². The molecule has 1 aromatic carbocycles. The molecule has 100 valence electrons. The number of benzene rings is 1. The van der Waals surface area contributed by atoms with Gasteiger partial charge in [0.2, 0.25) is 0 Å². The summed E-state index contributed by atoms with van der Waals surface area (Å²) in [7, 11) is 0. The summed E-state index contributed by atoms with van der Waals surface area (Å²) >= 11 is 3.44. The molecular weight excluding hydrogens is 298 g/mol. The maximum absolute atomic E-state index is 10.7. The van der Waals surface area contributed by atoms with Crippen molar-refractivity contribution in [3.8, 4) is 5.75 Å². The quantitative estimate of drug-likeness (QED) is 0.812. The number of carboxylic acid groups (broad SMARTS) is 1. The summed E-state index contributed by atoms with van der Waals surface area (Å²) in [5, 5.41) is 11.7. The van der Waals surface area contributed by atoms with Crippen LogP contribution in [0.3, 0.4) is 0 Å². The molecule has 0 aliphatic heterocycles. The molecule has 0 amide bonds. The van der Waals surface area contributed by atoms with Crippen LogP contribution in [0.4, 0.5) is 0 Å². The number of ether oxygens (including phenoxy) is 1. The molecule has 1 unspecified atom stereocenters. The van der Waals surface area contributed by atoms with Gasteiger partial charge in [-0.05, 0) is 47.0 Å². The standard InChI is InChI=1S/C13H18BrNO3/c1-3-6-18-12-5-4-10(7-11(12)14)8-15-9(2)13(16)17/h4-5,7,9,15H,3,6,8H2,1-2H3,(H,16,17). The van der Waals surface area contributed by atoms with Crippen LogP contribution in [-0.4, -0.2) is 23.7 Å². The molecule has 1 atom stereocenters. The Morgan fingerprint density at radius 2 is 2.28 bits per heavy atom. The van der Waals surface area contributed by atoms with Gasteiger partial charge in [0.05, 0.1) is 11.1 Å². The fourth-order valence-electron chi connectivity index (χ4n) is 1.34. The van der Waals surface area contributed by atoms with Crippen LogP contribution in [0, 0.1) is 0 Å². The highest BCUT2D eigenvalue weighted by Gasteiger charge is 2.10. The molecule has 0 radical (unpaired) electrons. The molecule has 18 heavy (non-hydrogen) atoms. The lowest BCUT2D eigenvalue weighted by atomic mass is 10.2. The molecule has 0 aromatic heterocycles. The predicted molar refractivity (Wildman–Crippen MR) is 73.9 cm³/mol. The van der Waals surface area contributed by atoms with Crippen LogP contribution >= 0.6 is 15.9 Å². The van der Waals surface area contributed by atoms with Crippen molar-refractivity contribution in [2.75, 3.05) is 6.61 Å². The largest absolute Gasteiger partial charge is 0.492 e. The number of hydrogen-bond donors (Lipinski definition) is 2. The number of carboxylic acids is 1. The topological polar surface area (TPSA) is 58.6 Å². The number of rotatable bonds is 7. The second-order valence-corrected chi connectivity index (χ2v) is 4.91. The van der Waals surface area contributed by atoms with E-state index in [-0.39, 0.29) is 0 Å².